The lowest BCUT2D eigenvalue weighted by Gasteiger charge is -2.14. The molecule has 0 saturated heterocycles. The lowest BCUT2D eigenvalue weighted by Crippen LogP contribution is -2.26. The Morgan fingerprint density at radius 3 is 2.88 bits per heavy atom. The molecule has 0 unspecified atom stereocenters. The van der Waals surface area contributed by atoms with E-state index in [-0.39, 0.29) is 11.4 Å². The standard InChI is InChI=1S/C8H11N5O2S/c1-13(5-8-10-6-11-12-8)16(14,15)7-2-3-9-4-7/h2-4,6,9H,5H2,1H3,(H,10,11,12). The van der Waals surface area contributed by atoms with Gasteiger partial charge in [-0.3, -0.25) is 5.10 Å². The molecule has 0 aliphatic heterocycles. The number of sulfonamides is 1. The highest BCUT2D eigenvalue weighted by Crippen LogP contribution is 2.14. The minimum atomic E-state index is -3.46. The highest BCUT2D eigenvalue weighted by molar-refractivity contribution is 7.89. The Labute approximate surface area is 92.6 Å². The second-order valence-corrected chi connectivity index (χ2v) is 5.28. The first-order valence-electron chi connectivity index (χ1n) is 4.54. The monoisotopic (exact) mass is 241 g/mol. The third-order valence-corrected chi connectivity index (χ3v) is 3.91. The van der Waals surface area contributed by atoms with Crippen LogP contribution in [0.5, 0.6) is 0 Å². The number of hydrogen-bond acceptors (Lipinski definition) is 4. The zero-order chi connectivity index (χ0) is 11.6. The fourth-order valence-corrected chi connectivity index (χ4v) is 2.36. The Balaban J connectivity index is 2.19. The summed E-state index contributed by atoms with van der Waals surface area (Å²) in [4.78, 5) is 6.81. The van der Waals surface area contributed by atoms with E-state index in [2.05, 4.69) is 20.2 Å². The van der Waals surface area contributed by atoms with Gasteiger partial charge in [0.1, 0.15) is 12.2 Å². The van der Waals surface area contributed by atoms with Gasteiger partial charge in [0, 0.05) is 19.4 Å². The van der Waals surface area contributed by atoms with E-state index in [1.807, 2.05) is 0 Å². The summed E-state index contributed by atoms with van der Waals surface area (Å²) in [5.74, 6) is 0.501. The number of nitrogens with zero attached hydrogens (tertiary/aromatic N) is 3. The number of nitrogens with one attached hydrogen (secondary N) is 2. The molecule has 8 heteroatoms. The fraction of sp³-hybridized carbons (Fsp3) is 0.250. The molecule has 0 bridgehead atoms. The van der Waals surface area contributed by atoms with Gasteiger partial charge in [-0.1, -0.05) is 0 Å². The molecule has 0 fully saturated rings. The number of rotatable bonds is 4. The summed E-state index contributed by atoms with van der Waals surface area (Å²) in [5.41, 5.74) is 0. The van der Waals surface area contributed by atoms with Crippen LogP contribution >= 0.6 is 0 Å². The topological polar surface area (TPSA) is 94.7 Å². The molecule has 0 spiro atoms. The molecule has 0 atom stereocenters. The Morgan fingerprint density at radius 1 is 1.50 bits per heavy atom. The highest BCUT2D eigenvalue weighted by atomic mass is 32.2. The van der Waals surface area contributed by atoms with Crippen molar-refractivity contribution in [2.24, 2.45) is 0 Å². The molecule has 0 aliphatic rings. The van der Waals surface area contributed by atoms with Crippen LogP contribution in [-0.4, -0.2) is 39.9 Å². The van der Waals surface area contributed by atoms with Crippen LogP contribution in [0.2, 0.25) is 0 Å². The first kappa shape index (κ1) is 10.8. The highest BCUT2D eigenvalue weighted by Gasteiger charge is 2.21. The van der Waals surface area contributed by atoms with Gasteiger partial charge in [0.2, 0.25) is 10.0 Å². The normalized spacial score (nSPS) is 12.1. The molecule has 2 rings (SSSR count). The molecule has 0 radical (unpaired) electrons. The average molecular weight is 241 g/mol. The van der Waals surface area contributed by atoms with Crippen molar-refractivity contribution in [1.82, 2.24) is 24.5 Å². The minimum Gasteiger partial charge on any atom is -0.366 e. The molecule has 7 nitrogen and oxygen atoms in total. The molecular weight excluding hydrogens is 230 g/mol. The van der Waals surface area contributed by atoms with E-state index in [1.54, 1.807) is 6.20 Å². The first-order chi connectivity index (χ1) is 7.60. The maximum absolute atomic E-state index is 12.0. The van der Waals surface area contributed by atoms with E-state index >= 15 is 0 Å². The smallest absolute Gasteiger partial charge is 0.244 e. The van der Waals surface area contributed by atoms with E-state index in [1.165, 1.54) is 29.9 Å². The molecule has 2 aromatic rings. The molecule has 2 heterocycles. The van der Waals surface area contributed by atoms with Gasteiger partial charge >= 0.3 is 0 Å². The molecule has 0 amide bonds. The van der Waals surface area contributed by atoms with Crippen LogP contribution in [0.1, 0.15) is 5.82 Å². The zero-order valence-electron chi connectivity index (χ0n) is 8.58. The van der Waals surface area contributed by atoms with Gasteiger partial charge < -0.3 is 4.98 Å². The molecule has 0 saturated carbocycles. The van der Waals surface area contributed by atoms with E-state index < -0.39 is 10.0 Å². The van der Waals surface area contributed by atoms with E-state index in [4.69, 9.17) is 0 Å². The van der Waals surface area contributed by atoms with Gasteiger partial charge in [-0.25, -0.2) is 13.4 Å². The van der Waals surface area contributed by atoms with Crippen molar-refractivity contribution < 1.29 is 8.42 Å². The van der Waals surface area contributed by atoms with Crippen LogP contribution in [0.3, 0.4) is 0 Å². The molecule has 2 aromatic heterocycles. The predicted octanol–water partition coefficient (Wildman–Crippen LogP) is -0.0465. The van der Waals surface area contributed by atoms with Crippen molar-refractivity contribution in [3.05, 3.63) is 30.6 Å². The first-order valence-corrected chi connectivity index (χ1v) is 5.98. The lowest BCUT2D eigenvalue weighted by atomic mass is 10.6. The van der Waals surface area contributed by atoms with Crippen LogP contribution in [0, 0.1) is 0 Å². The van der Waals surface area contributed by atoms with Crippen LogP contribution in [0.25, 0.3) is 0 Å². The van der Waals surface area contributed by atoms with Gasteiger partial charge in [0.25, 0.3) is 0 Å². The van der Waals surface area contributed by atoms with Gasteiger partial charge in [-0.15, -0.1) is 0 Å². The average Bonchev–Trinajstić information content (AvgIpc) is 2.89. The summed E-state index contributed by atoms with van der Waals surface area (Å²) in [7, 11) is -1.97. The number of hydrogen-bond donors (Lipinski definition) is 2. The molecular formula is C8H11N5O2S. The third kappa shape index (κ3) is 1.97. The van der Waals surface area contributed by atoms with Crippen molar-refractivity contribution >= 4 is 10.0 Å². The van der Waals surface area contributed by atoms with Crippen LogP contribution < -0.4 is 0 Å². The summed E-state index contributed by atoms with van der Waals surface area (Å²) >= 11 is 0. The summed E-state index contributed by atoms with van der Waals surface area (Å²) in [5, 5.41) is 6.27. The Bertz CT molecular complexity index is 531. The quantitative estimate of drug-likeness (QED) is 0.784. The SMILES string of the molecule is CN(Cc1ncn[nH]1)S(=O)(=O)c1cc[nH]c1. The van der Waals surface area contributed by atoms with E-state index in [9.17, 15) is 8.42 Å². The van der Waals surface area contributed by atoms with Crippen LogP contribution in [-0.2, 0) is 16.6 Å². The van der Waals surface area contributed by atoms with E-state index in [0.717, 1.165) is 0 Å². The summed E-state index contributed by atoms with van der Waals surface area (Å²) in [6.07, 6.45) is 4.34. The number of aromatic amines is 2. The lowest BCUT2D eigenvalue weighted by molar-refractivity contribution is 0.457. The van der Waals surface area contributed by atoms with Crippen molar-refractivity contribution in [2.75, 3.05) is 7.05 Å². The minimum absolute atomic E-state index is 0.160. The van der Waals surface area contributed by atoms with Crippen LogP contribution in [0.15, 0.2) is 29.7 Å². The maximum Gasteiger partial charge on any atom is 0.244 e. The zero-order valence-corrected chi connectivity index (χ0v) is 9.40. The molecule has 0 aromatic carbocycles. The van der Waals surface area contributed by atoms with Crippen molar-refractivity contribution in [3.63, 3.8) is 0 Å². The third-order valence-electron chi connectivity index (χ3n) is 2.11. The second-order valence-electron chi connectivity index (χ2n) is 3.24. The molecule has 2 N–H and O–H groups in total. The number of aromatic nitrogens is 4. The summed E-state index contributed by atoms with van der Waals surface area (Å²) in [6, 6.07) is 1.51. The predicted molar refractivity (Wildman–Crippen MR) is 55.8 cm³/mol. The van der Waals surface area contributed by atoms with E-state index in [0.29, 0.717) is 5.82 Å². The maximum atomic E-state index is 12.0. The number of H-pyrrole nitrogens is 2. The molecule has 0 aliphatic carbocycles. The molecule has 86 valence electrons. The van der Waals surface area contributed by atoms with Gasteiger partial charge in [-0.05, 0) is 6.07 Å². The van der Waals surface area contributed by atoms with Crippen molar-refractivity contribution in [1.29, 1.82) is 0 Å². The summed E-state index contributed by atoms with van der Waals surface area (Å²) in [6.45, 7) is 0.160. The second kappa shape index (κ2) is 4.06. The Hall–Kier alpha value is -1.67. The largest absolute Gasteiger partial charge is 0.366 e. The fourth-order valence-electron chi connectivity index (χ4n) is 1.25. The Kier molecular flexibility index (Phi) is 2.75. The van der Waals surface area contributed by atoms with Gasteiger partial charge in [0.15, 0.2) is 0 Å². The van der Waals surface area contributed by atoms with Gasteiger partial charge in [-0.2, -0.15) is 9.40 Å². The van der Waals surface area contributed by atoms with Crippen molar-refractivity contribution in [2.45, 2.75) is 11.4 Å². The summed E-state index contributed by atoms with van der Waals surface area (Å²) < 4.78 is 25.1. The van der Waals surface area contributed by atoms with Gasteiger partial charge in [0.05, 0.1) is 11.4 Å². The Morgan fingerprint density at radius 2 is 2.31 bits per heavy atom. The molecule has 16 heavy (non-hydrogen) atoms. The van der Waals surface area contributed by atoms with Crippen molar-refractivity contribution in [3.8, 4) is 0 Å². The van der Waals surface area contributed by atoms with Crippen LogP contribution in [0.4, 0.5) is 0 Å².